The van der Waals surface area contributed by atoms with E-state index in [0.29, 0.717) is 41.8 Å². The summed E-state index contributed by atoms with van der Waals surface area (Å²) < 4.78 is 58.6. The highest BCUT2D eigenvalue weighted by Gasteiger charge is 2.53. The zero-order chi connectivity index (χ0) is 34.0. The minimum atomic E-state index is -1.82. The van der Waals surface area contributed by atoms with Crippen LogP contribution in [-0.2, 0) is 23.7 Å². The summed E-state index contributed by atoms with van der Waals surface area (Å²) in [4.78, 5) is 0. The van der Waals surface area contributed by atoms with Gasteiger partial charge in [-0.3, -0.25) is 0 Å². The Morgan fingerprint density at radius 2 is 1.20 bits per heavy atom. The second-order valence-corrected chi connectivity index (χ2v) is 12.8. The van der Waals surface area contributed by atoms with Crippen LogP contribution < -0.4 is 23.7 Å². The molecule has 4 saturated heterocycles. The second kappa shape index (κ2) is 13.3. The number of fused-ring (bicyclic) bond motifs is 3. The van der Waals surface area contributed by atoms with Crippen LogP contribution in [0.25, 0.3) is 0 Å². The van der Waals surface area contributed by atoms with Crippen LogP contribution in [0, 0.1) is 11.8 Å². The zero-order valence-corrected chi connectivity index (χ0v) is 25.9. The average Bonchev–Trinajstić information content (AvgIpc) is 3.92. The topological polar surface area (TPSA) is 234 Å². The standard InChI is InChI=1S/C32H38O17/c33-6-21-23(35)25(37)27(39)31(47-21)49-30-26(38)24(36)22(7-34)48-32(30)46-17-5-20-19(44-11-45-20)4-13(17)29-15-9-40-28(14(15)8-41-29)12-1-2-16-18(3-12)43-10-42-16/h1-5,14-15,21-39H,6-11H2/t14-,15-,21+,22+,23+,24+,25-,26-,27+,28+,29+,30+,31-,32+/m0/s1. The summed E-state index contributed by atoms with van der Waals surface area (Å²) in [7, 11) is 0. The molecular formula is C32H38O17. The van der Waals surface area contributed by atoms with Gasteiger partial charge in [-0.2, -0.15) is 0 Å². The lowest BCUT2D eigenvalue weighted by Gasteiger charge is -2.46. The third-order valence-corrected chi connectivity index (χ3v) is 10.0. The van der Waals surface area contributed by atoms with Crippen molar-refractivity contribution in [3.05, 3.63) is 41.5 Å². The van der Waals surface area contributed by atoms with Gasteiger partial charge in [-0.25, -0.2) is 0 Å². The van der Waals surface area contributed by atoms with Crippen molar-refractivity contribution in [2.45, 2.75) is 73.6 Å². The molecule has 14 atom stereocenters. The maximum absolute atomic E-state index is 11.2. The molecule has 17 heteroatoms. The summed E-state index contributed by atoms with van der Waals surface area (Å²) in [6, 6.07) is 8.99. The highest BCUT2D eigenvalue weighted by molar-refractivity contribution is 5.53. The summed E-state index contributed by atoms with van der Waals surface area (Å²) in [6.45, 7) is -0.556. The summed E-state index contributed by atoms with van der Waals surface area (Å²) >= 11 is 0. The van der Waals surface area contributed by atoms with Crippen LogP contribution in [0.5, 0.6) is 28.7 Å². The Balaban J connectivity index is 1.08. The molecule has 0 unspecified atom stereocenters. The van der Waals surface area contributed by atoms with Gasteiger partial charge >= 0.3 is 0 Å². The molecule has 6 aliphatic heterocycles. The Kier molecular flexibility index (Phi) is 8.96. The number of aliphatic hydroxyl groups is 7. The molecule has 0 aliphatic carbocycles. The smallest absolute Gasteiger partial charge is 0.231 e. The summed E-state index contributed by atoms with van der Waals surface area (Å²) in [5.41, 5.74) is 1.47. The highest BCUT2D eigenvalue weighted by Crippen LogP contribution is 2.54. The van der Waals surface area contributed by atoms with Gasteiger partial charge in [0.25, 0.3) is 0 Å². The largest absolute Gasteiger partial charge is 0.461 e. The maximum atomic E-state index is 11.2. The van der Waals surface area contributed by atoms with E-state index in [-0.39, 0.29) is 37.3 Å². The average molecular weight is 695 g/mol. The zero-order valence-electron chi connectivity index (χ0n) is 25.9. The Bertz CT molecular complexity index is 1510. The van der Waals surface area contributed by atoms with Crippen LogP contribution in [0.15, 0.2) is 30.3 Å². The maximum Gasteiger partial charge on any atom is 0.231 e. The van der Waals surface area contributed by atoms with E-state index in [9.17, 15) is 35.7 Å². The predicted molar refractivity (Wildman–Crippen MR) is 157 cm³/mol. The van der Waals surface area contributed by atoms with E-state index in [0.717, 1.165) is 5.56 Å². The quantitative estimate of drug-likeness (QED) is 0.162. The van der Waals surface area contributed by atoms with Crippen molar-refractivity contribution in [3.8, 4) is 28.7 Å². The van der Waals surface area contributed by atoms with E-state index in [4.69, 9.17) is 47.4 Å². The van der Waals surface area contributed by atoms with Crippen molar-refractivity contribution < 1.29 is 83.1 Å². The molecule has 17 nitrogen and oxygen atoms in total. The molecule has 0 radical (unpaired) electrons. The van der Waals surface area contributed by atoms with Gasteiger partial charge in [-0.1, -0.05) is 6.07 Å². The highest BCUT2D eigenvalue weighted by atomic mass is 16.8. The van der Waals surface area contributed by atoms with Gasteiger partial charge in [-0.05, 0) is 23.8 Å². The Hall–Kier alpha value is -3.04. The van der Waals surface area contributed by atoms with Gasteiger partial charge in [0.1, 0.15) is 48.5 Å². The first-order valence-electron chi connectivity index (χ1n) is 16.1. The number of benzene rings is 2. The minimum Gasteiger partial charge on any atom is -0.461 e. The van der Waals surface area contributed by atoms with E-state index in [1.807, 2.05) is 18.2 Å². The first-order chi connectivity index (χ1) is 23.7. The van der Waals surface area contributed by atoms with Crippen molar-refractivity contribution in [2.24, 2.45) is 11.8 Å². The Morgan fingerprint density at radius 3 is 1.92 bits per heavy atom. The molecule has 0 aromatic heterocycles. The number of hydrogen-bond acceptors (Lipinski definition) is 17. The fourth-order valence-electron chi connectivity index (χ4n) is 7.32. The van der Waals surface area contributed by atoms with E-state index in [1.165, 1.54) is 0 Å². The fraction of sp³-hybridized carbons (Fsp3) is 0.625. The summed E-state index contributed by atoms with van der Waals surface area (Å²) in [5, 5.41) is 72.6. The lowest BCUT2D eigenvalue weighted by molar-refractivity contribution is -0.358. The molecule has 6 aliphatic rings. The van der Waals surface area contributed by atoms with Gasteiger partial charge in [0.05, 0.1) is 38.6 Å². The Labute approximate surface area is 278 Å². The van der Waals surface area contributed by atoms with Crippen LogP contribution in [0.3, 0.4) is 0 Å². The van der Waals surface area contributed by atoms with Crippen LogP contribution in [0.2, 0.25) is 0 Å². The number of ether oxygens (including phenoxy) is 10. The van der Waals surface area contributed by atoms with Gasteiger partial charge in [0, 0.05) is 23.5 Å². The molecule has 8 rings (SSSR count). The molecule has 0 spiro atoms. The Morgan fingerprint density at radius 1 is 0.612 bits per heavy atom. The van der Waals surface area contributed by atoms with Crippen LogP contribution in [-0.4, -0.2) is 137 Å². The lowest BCUT2D eigenvalue weighted by atomic mass is 9.84. The number of hydrogen-bond donors (Lipinski definition) is 7. The molecule has 268 valence electrons. The van der Waals surface area contributed by atoms with Crippen molar-refractivity contribution in [3.63, 3.8) is 0 Å². The van der Waals surface area contributed by atoms with E-state index in [2.05, 4.69) is 0 Å². The molecule has 49 heavy (non-hydrogen) atoms. The SMILES string of the molecule is OC[C@H]1O[C@@H](O[C@H]2[C@H](Oc3cc4c(cc3[C@H]3OC[C@H]5[C@@H]3CO[C@@H]5c3ccc5c(c3)OCO5)OCO4)O[C@H](CO)[C@@H](O)[C@@H]2O)[C@H](O)[C@@H](O)[C@@H]1O. The molecule has 2 aromatic carbocycles. The van der Waals surface area contributed by atoms with Crippen LogP contribution in [0.1, 0.15) is 23.3 Å². The molecule has 4 fully saturated rings. The predicted octanol–water partition coefficient (Wildman–Crippen LogP) is -1.78. The van der Waals surface area contributed by atoms with E-state index >= 15 is 0 Å². The third-order valence-electron chi connectivity index (χ3n) is 10.0. The summed E-state index contributed by atoms with van der Waals surface area (Å²) in [6.07, 6.45) is -16.9. The van der Waals surface area contributed by atoms with Crippen LogP contribution in [0.4, 0.5) is 0 Å². The first-order valence-corrected chi connectivity index (χ1v) is 16.1. The summed E-state index contributed by atoms with van der Waals surface area (Å²) in [5.74, 6) is 2.15. The molecule has 0 amide bonds. The monoisotopic (exact) mass is 694 g/mol. The normalized spacial score (nSPS) is 40.8. The lowest BCUT2D eigenvalue weighted by Crippen LogP contribution is -2.65. The number of aliphatic hydroxyl groups excluding tert-OH is 7. The van der Waals surface area contributed by atoms with E-state index in [1.54, 1.807) is 12.1 Å². The van der Waals surface area contributed by atoms with Gasteiger partial charge in [-0.15, -0.1) is 0 Å². The van der Waals surface area contributed by atoms with Crippen molar-refractivity contribution in [1.29, 1.82) is 0 Å². The van der Waals surface area contributed by atoms with Gasteiger partial charge < -0.3 is 83.1 Å². The van der Waals surface area contributed by atoms with Gasteiger partial charge in [0.2, 0.25) is 19.9 Å². The molecule has 7 N–H and O–H groups in total. The van der Waals surface area contributed by atoms with Crippen molar-refractivity contribution >= 4 is 0 Å². The van der Waals surface area contributed by atoms with E-state index < -0.39 is 80.7 Å². The minimum absolute atomic E-state index is 0.0346. The van der Waals surface area contributed by atoms with Gasteiger partial charge in [0.15, 0.2) is 35.4 Å². The first kappa shape index (κ1) is 33.1. The molecule has 0 bridgehead atoms. The molecule has 0 saturated carbocycles. The van der Waals surface area contributed by atoms with Crippen molar-refractivity contribution in [1.82, 2.24) is 0 Å². The fourth-order valence-corrected chi connectivity index (χ4v) is 7.32. The second-order valence-electron chi connectivity index (χ2n) is 12.8. The number of rotatable bonds is 8. The molecule has 6 heterocycles. The van der Waals surface area contributed by atoms with Crippen LogP contribution >= 0.6 is 0 Å². The molecular weight excluding hydrogens is 656 g/mol. The molecule has 2 aromatic rings. The van der Waals surface area contributed by atoms with Crippen molar-refractivity contribution in [2.75, 3.05) is 40.0 Å². The third kappa shape index (κ3) is 5.77.